The minimum Gasteiger partial charge on any atom is -0.444 e. The van der Waals surface area contributed by atoms with Crippen molar-refractivity contribution in [3.05, 3.63) is 35.4 Å². The van der Waals surface area contributed by atoms with E-state index in [1.165, 1.54) is 6.07 Å². The standard InChI is InChI=1S/C16H21F3N2O2/c1-10(20)5-6-11-7-8-12(16(17,18)19)9-13(11)21-14(22)23-15(2,3)4/h5-10H,20H2,1-4H3,(H,21,22)/b6-5+. The average molecular weight is 330 g/mol. The van der Waals surface area contributed by atoms with Crippen LogP contribution in [0.25, 0.3) is 6.08 Å². The molecule has 0 aromatic heterocycles. The maximum absolute atomic E-state index is 12.8. The highest BCUT2D eigenvalue weighted by Crippen LogP contribution is 2.32. The second-order valence-corrected chi connectivity index (χ2v) is 6.14. The second kappa shape index (κ2) is 7.04. The molecule has 1 aromatic rings. The minimum absolute atomic E-state index is 0.00553. The molecule has 0 spiro atoms. The first kappa shape index (κ1) is 19.0. The van der Waals surface area contributed by atoms with Crippen LogP contribution in [0.4, 0.5) is 23.7 Å². The van der Waals surface area contributed by atoms with Crippen LogP contribution in [0.2, 0.25) is 0 Å². The van der Waals surface area contributed by atoms with E-state index < -0.39 is 23.4 Å². The number of hydrogen-bond donors (Lipinski definition) is 2. The summed E-state index contributed by atoms with van der Waals surface area (Å²) < 4.78 is 43.6. The smallest absolute Gasteiger partial charge is 0.416 e. The second-order valence-electron chi connectivity index (χ2n) is 6.14. The summed E-state index contributed by atoms with van der Waals surface area (Å²) in [6.45, 7) is 6.71. The number of halogens is 3. The fourth-order valence-corrected chi connectivity index (χ4v) is 1.66. The van der Waals surface area contributed by atoms with E-state index in [2.05, 4.69) is 5.32 Å². The largest absolute Gasteiger partial charge is 0.444 e. The minimum atomic E-state index is -4.51. The van der Waals surface area contributed by atoms with Crippen LogP contribution in [0, 0.1) is 0 Å². The van der Waals surface area contributed by atoms with Crippen molar-refractivity contribution in [3.8, 4) is 0 Å². The van der Waals surface area contributed by atoms with E-state index in [1.54, 1.807) is 39.8 Å². The van der Waals surface area contributed by atoms with Crippen LogP contribution >= 0.6 is 0 Å². The third kappa shape index (κ3) is 6.73. The van der Waals surface area contributed by atoms with Crippen molar-refractivity contribution >= 4 is 17.9 Å². The zero-order chi connectivity index (χ0) is 17.8. The molecule has 128 valence electrons. The number of alkyl halides is 3. The van der Waals surface area contributed by atoms with Gasteiger partial charge in [-0.05, 0) is 45.4 Å². The predicted octanol–water partition coefficient (Wildman–Crippen LogP) is 4.41. The lowest BCUT2D eigenvalue weighted by atomic mass is 10.1. The van der Waals surface area contributed by atoms with E-state index >= 15 is 0 Å². The Hall–Kier alpha value is -2.02. The van der Waals surface area contributed by atoms with Crippen LogP contribution < -0.4 is 11.1 Å². The molecule has 1 atom stereocenters. The van der Waals surface area contributed by atoms with Gasteiger partial charge in [-0.1, -0.05) is 18.2 Å². The number of nitrogens with two attached hydrogens (primary N) is 1. The fourth-order valence-electron chi connectivity index (χ4n) is 1.66. The van der Waals surface area contributed by atoms with Gasteiger partial charge in [-0.2, -0.15) is 13.2 Å². The summed E-state index contributed by atoms with van der Waals surface area (Å²) >= 11 is 0. The molecule has 4 nitrogen and oxygen atoms in total. The molecular weight excluding hydrogens is 309 g/mol. The summed E-state index contributed by atoms with van der Waals surface area (Å²) in [6.07, 6.45) is -2.17. The molecule has 1 aromatic carbocycles. The molecule has 0 fully saturated rings. The number of anilines is 1. The first-order valence-corrected chi connectivity index (χ1v) is 7.03. The normalized spacial score (nSPS) is 13.9. The van der Waals surface area contributed by atoms with Crippen LogP contribution in [0.1, 0.15) is 38.8 Å². The number of nitrogens with one attached hydrogen (secondary N) is 1. The van der Waals surface area contributed by atoms with Crippen LogP contribution in [-0.2, 0) is 10.9 Å². The number of hydrogen-bond acceptors (Lipinski definition) is 3. The van der Waals surface area contributed by atoms with E-state index in [1.807, 2.05) is 0 Å². The van der Waals surface area contributed by atoms with Gasteiger partial charge in [-0.15, -0.1) is 0 Å². The molecule has 0 aliphatic rings. The summed E-state index contributed by atoms with van der Waals surface area (Å²) in [5.41, 5.74) is 4.39. The highest BCUT2D eigenvalue weighted by atomic mass is 19.4. The monoisotopic (exact) mass is 330 g/mol. The molecule has 7 heteroatoms. The van der Waals surface area contributed by atoms with Crippen molar-refractivity contribution < 1.29 is 22.7 Å². The molecule has 23 heavy (non-hydrogen) atoms. The van der Waals surface area contributed by atoms with E-state index in [0.29, 0.717) is 5.56 Å². The number of rotatable bonds is 3. The van der Waals surface area contributed by atoms with E-state index in [-0.39, 0.29) is 11.7 Å². The Morgan fingerprint density at radius 2 is 1.91 bits per heavy atom. The fraction of sp³-hybridized carbons (Fsp3) is 0.438. The van der Waals surface area contributed by atoms with Crippen molar-refractivity contribution in [3.63, 3.8) is 0 Å². The first-order valence-electron chi connectivity index (χ1n) is 7.03. The number of benzene rings is 1. The van der Waals surface area contributed by atoms with Gasteiger partial charge in [-0.3, -0.25) is 5.32 Å². The molecule has 1 amide bonds. The molecule has 3 N–H and O–H groups in total. The SMILES string of the molecule is CC(N)/C=C/c1ccc(C(F)(F)F)cc1NC(=O)OC(C)(C)C. The number of carbonyl (C=O) groups excluding carboxylic acids is 1. The van der Waals surface area contributed by atoms with Gasteiger partial charge < -0.3 is 10.5 Å². The van der Waals surface area contributed by atoms with Gasteiger partial charge in [0.05, 0.1) is 11.3 Å². The van der Waals surface area contributed by atoms with Crippen molar-refractivity contribution in [1.29, 1.82) is 0 Å². The summed E-state index contributed by atoms with van der Waals surface area (Å²) in [5, 5.41) is 2.35. The molecule has 0 saturated heterocycles. The molecule has 0 heterocycles. The van der Waals surface area contributed by atoms with Crippen molar-refractivity contribution in [2.75, 3.05) is 5.32 Å². The third-order valence-corrected chi connectivity index (χ3v) is 2.60. The lowest BCUT2D eigenvalue weighted by Crippen LogP contribution is -2.27. The van der Waals surface area contributed by atoms with Gasteiger partial charge in [0.2, 0.25) is 0 Å². The molecule has 0 saturated carbocycles. The van der Waals surface area contributed by atoms with Crippen LogP contribution in [0.15, 0.2) is 24.3 Å². The maximum atomic E-state index is 12.8. The Morgan fingerprint density at radius 1 is 1.30 bits per heavy atom. The van der Waals surface area contributed by atoms with Crippen LogP contribution in [-0.4, -0.2) is 17.7 Å². The Bertz CT molecular complexity index is 588. The molecule has 0 aliphatic carbocycles. The molecular formula is C16H21F3N2O2. The first-order chi connectivity index (χ1) is 10.4. The summed E-state index contributed by atoms with van der Waals surface area (Å²) in [4.78, 5) is 11.8. The van der Waals surface area contributed by atoms with Gasteiger partial charge in [-0.25, -0.2) is 4.79 Å². The molecule has 0 radical (unpaired) electrons. The van der Waals surface area contributed by atoms with Gasteiger partial charge >= 0.3 is 12.3 Å². The van der Waals surface area contributed by atoms with Crippen LogP contribution in [0.3, 0.4) is 0 Å². The Morgan fingerprint density at radius 3 is 2.39 bits per heavy atom. The summed E-state index contributed by atoms with van der Waals surface area (Å²) in [5.74, 6) is 0. The predicted molar refractivity (Wildman–Crippen MR) is 84.0 cm³/mol. The van der Waals surface area contributed by atoms with Gasteiger partial charge in [0.1, 0.15) is 5.60 Å². The third-order valence-electron chi connectivity index (χ3n) is 2.60. The highest BCUT2D eigenvalue weighted by Gasteiger charge is 2.31. The topological polar surface area (TPSA) is 64.3 Å². The zero-order valence-electron chi connectivity index (χ0n) is 13.5. The average Bonchev–Trinajstić information content (AvgIpc) is 2.33. The highest BCUT2D eigenvalue weighted by molar-refractivity contribution is 5.88. The number of amides is 1. The van der Waals surface area contributed by atoms with Gasteiger partial charge in [0.15, 0.2) is 0 Å². The summed E-state index contributed by atoms with van der Waals surface area (Å²) in [6, 6.07) is 2.81. The van der Waals surface area contributed by atoms with E-state index in [9.17, 15) is 18.0 Å². The van der Waals surface area contributed by atoms with Crippen molar-refractivity contribution in [2.45, 2.75) is 45.5 Å². The Balaban J connectivity index is 3.15. The number of carbonyl (C=O) groups is 1. The lowest BCUT2D eigenvalue weighted by Gasteiger charge is -2.20. The Labute approximate surface area is 133 Å². The number of ether oxygens (including phenoxy) is 1. The molecule has 1 rings (SSSR count). The Kier molecular flexibility index (Phi) is 5.82. The van der Waals surface area contributed by atoms with E-state index in [0.717, 1.165) is 12.1 Å². The summed E-state index contributed by atoms with van der Waals surface area (Å²) in [7, 11) is 0. The van der Waals surface area contributed by atoms with Gasteiger partial charge in [0.25, 0.3) is 0 Å². The molecule has 1 unspecified atom stereocenters. The molecule has 0 bridgehead atoms. The van der Waals surface area contributed by atoms with Crippen molar-refractivity contribution in [1.82, 2.24) is 0 Å². The zero-order valence-corrected chi connectivity index (χ0v) is 13.5. The maximum Gasteiger partial charge on any atom is 0.416 e. The lowest BCUT2D eigenvalue weighted by molar-refractivity contribution is -0.137. The van der Waals surface area contributed by atoms with E-state index in [4.69, 9.17) is 10.5 Å². The molecule has 0 aliphatic heterocycles. The van der Waals surface area contributed by atoms with Gasteiger partial charge in [0, 0.05) is 6.04 Å². The van der Waals surface area contributed by atoms with Crippen LogP contribution in [0.5, 0.6) is 0 Å². The van der Waals surface area contributed by atoms with Crippen molar-refractivity contribution in [2.24, 2.45) is 5.73 Å². The quantitative estimate of drug-likeness (QED) is 0.862.